The van der Waals surface area contributed by atoms with Gasteiger partial charge in [0.15, 0.2) is 0 Å². The number of hydrogen-bond donors (Lipinski definition) is 1. The van der Waals surface area contributed by atoms with Gasteiger partial charge in [0.1, 0.15) is 5.75 Å². The van der Waals surface area contributed by atoms with Gasteiger partial charge in [-0.25, -0.2) is 0 Å². The van der Waals surface area contributed by atoms with E-state index < -0.39 is 70.1 Å². The number of phenols is 1. The minimum atomic E-state index is -7.95. The summed E-state index contributed by atoms with van der Waals surface area (Å²) in [6.07, 6.45) is -7.46. The molecule has 0 aliphatic heterocycles. The molecule has 0 heterocycles. The normalized spacial score (nSPS) is 15.1. The molecule has 0 fully saturated rings. The van der Waals surface area contributed by atoms with Gasteiger partial charge < -0.3 is 5.11 Å². The van der Waals surface area contributed by atoms with Crippen LogP contribution in [0.3, 0.4) is 0 Å². The molecule has 186 valence electrons. The first kappa shape index (κ1) is 28.1. The Labute approximate surface area is 173 Å². The third kappa shape index (κ3) is 3.87. The van der Waals surface area contributed by atoms with Gasteiger partial charge in [0, 0.05) is 5.56 Å². The third-order valence-electron chi connectivity index (χ3n) is 4.71. The molecule has 0 spiro atoms. The van der Waals surface area contributed by atoms with Crippen LogP contribution >= 0.6 is 0 Å². The molecule has 0 bridgehead atoms. The number of halogens is 13. The lowest BCUT2D eigenvalue weighted by Gasteiger charge is -2.40. The summed E-state index contributed by atoms with van der Waals surface area (Å²) in [5, 5.41) is 10.1. The fraction of sp³-hybridized carbons (Fsp3) is 0.667. The Hall–Kier alpha value is -1.89. The first-order valence-electron chi connectivity index (χ1n) is 8.72. The minimum absolute atomic E-state index is 0.0654. The van der Waals surface area contributed by atoms with E-state index in [-0.39, 0.29) is 12.1 Å². The van der Waals surface area contributed by atoms with Crippen LogP contribution in [0, 0.1) is 0 Å². The molecule has 1 rings (SSSR count). The first-order chi connectivity index (χ1) is 13.9. The second-order valence-electron chi connectivity index (χ2n) is 7.68. The van der Waals surface area contributed by atoms with E-state index in [0.717, 1.165) is 0 Å². The Morgan fingerprint density at radius 2 is 0.875 bits per heavy atom. The molecular formula is C18H17F13O. The molecule has 0 aromatic heterocycles. The van der Waals surface area contributed by atoms with Crippen LogP contribution in [-0.4, -0.2) is 35.0 Å². The highest BCUT2D eigenvalue weighted by Gasteiger charge is 2.90. The Morgan fingerprint density at radius 3 is 1.16 bits per heavy atom. The molecule has 0 unspecified atom stereocenters. The van der Waals surface area contributed by atoms with Crippen molar-refractivity contribution in [3.63, 3.8) is 0 Å². The van der Waals surface area contributed by atoms with Crippen molar-refractivity contribution in [1.82, 2.24) is 0 Å². The standard InChI is InChI=1S/C18H17F13O/c1-7(2)10-5-9(6-11(8(3)4)12(10)32)13(19,20)14(21,22)15(23,24)16(25,26)17(27,28)18(29,30)31/h5-8,32H,1-4H3. The van der Waals surface area contributed by atoms with Crippen molar-refractivity contribution >= 4 is 0 Å². The van der Waals surface area contributed by atoms with Crippen LogP contribution in [0.2, 0.25) is 0 Å². The molecule has 1 aromatic rings. The molecule has 0 aliphatic carbocycles. The van der Waals surface area contributed by atoms with Crippen molar-refractivity contribution in [2.24, 2.45) is 0 Å². The maximum absolute atomic E-state index is 14.5. The van der Waals surface area contributed by atoms with Crippen LogP contribution < -0.4 is 0 Å². The number of hydrogen-bond acceptors (Lipinski definition) is 1. The van der Waals surface area contributed by atoms with Gasteiger partial charge in [-0.2, -0.15) is 57.1 Å². The largest absolute Gasteiger partial charge is 0.507 e. The van der Waals surface area contributed by atoms with Crippen molar-refractivity contribution in [2.45, 2.75) is 75.3 Å². The zero-order valence-corrected chi connectivity index (χ0v) is 16.7. The molecule has 0 saturated carbocycles. The van der Waals surface area contributed by atoms with E-state index in [0.29, 0.717) is 0 Å². The smallest absolute Gasteiger partial charge is 0.460 e. The lowest BCUT2D eigenvalue weighted by atomic mass is 9.86. The summed E-state index contributed by atoms with van der Waals surface area (Å²) in [6, 6.07) is 0.131. The highest BCUT2D eigenvalue weighted by molar-refractivity contribution is 5.48. The molecule has 32 heavy (non-hydrogen) atoms. The molecule has 14 heteroatoms. The molecule has 1 nitrogen and oxygen atoms in total. The van der Waals surface area contributed by atoms with Gasteiger partial charge in [0.2, 0.25) is 0 Å². The highest BCUT2D eigenvalue weighted by atomic mass is 19.4. The van der Waals surface area contributed by atoms with Gasteiger partial charge in [-0.1, -0.05) is 27.7 Å². The first-order valence-corrected chi connectivity index (χ1v) is 8.72. The predicted molar refractivity (Wildman–Crippen MR) is 86.0 cm³/mol. The van der Waals surface area contributed by atoms with Gasteiger partial charge in [-0.15, -0.1) is 0 Å². The van der Waals surface area contributed by atoms with Gasteiger partial charge in [-0.3, -0.25) is 0 Å². The van der Waals surface area contributed by atoms with Gasteiger partial charge in [0.25, 0.3) is 0 Å². The molecular weight excluding hydrogens is 479 g/mol. The summed E-state index contributed by atoms with van der Waals surface area (Å²) in [7, 11) is 0. The Morgan fingerprint density at radius 1 is 0.562 bits per heavy atom. The molecule has 0 aliphatic rings. The van der Waals surface area contributed by atoms with Gasteiger partial charge in [-0.05, 0) is 35.1 Å². The Kier molecular flexibility index (Phi) is 6.91. The summed E-state index contributed by atoms with van der Waals surface area (Å²) >= 11 is 0. The lowest BCUT2D eigenvalue weighted by molar-refractivity contribution is -0.441. The minimum Gasteiger partial charge on any atom is -0.507 e. The van der Waals surface area contributed by atoms with E-state index >= 15 is 0 Å². The Bertz CT molecular complexity index is 809. The zero-order chi connectivity index (χ0) is 25.9. The van der Waals surface area contributed by atoms with E-state index in [2.05, 4.69) is 0 Å². The lowest BCUT2D eigenvalue weighted by Crippen LogP contribution is -2.69. The van der Waals surface area contributed by atoms with Crippen LogP contribution in [0.5, 0.6) is 5.75 Å². The number of benzene rings is 1. The second-order valence-corrected chi connectivity index (χ2v) is 7.68. The van der Waals surface area contributed by atoms with E-state index in [1.807, 2.05) is 0 Å². The molecule has 0 amide bonds. The summed E-state index contributed by atoms with van der Waals surface area (Å²) in [6.45, 7) is 5.02. The number of phenolic OH excluding ortho intramolecular Hbond substituents is 1. The van der Waals surface area contributed by atoms with E-state index in [1.54, 1.807) is 0 Å². The quantitative estimate of drug-likeness (QED) is 0.382. The fourth-order valence-corrected chi connectivity index (χ4v) is 2.69. The van der Waals surface area contributed by atoms with Crippen LogP contribution in [0.15, 0.2) is 12.1 Å². The Balaban J connectivity index is 3.83. The van der Waals surface area contributed by atoms with Crippen molar-refractivity contribution in [1.29, 1.82) is 0 Å². The predicted octanol–water partition coefficient (Wildman–Crippen LogP) is 7.83. The fourth-order valence-electron chi connectivity index (χ4n) is 2.69. The average molecular weight is 496 g/mol. The second kappa shape index (κ2) is 7.86. The van der Waals surface area contributed by atoms with Crippen molar-refractivity contribution < 1.29 is 62.2 Å². The maximum Gasteiger partial charge on any atom is 0.460 e. The molecule has 0 saturated heterocycles. The molecule has 1 N–H and O–H groups in total. The van der Waals surface area contributed by atoms with Crippen molar-refractivity contribution in [2.75, 3.05) is 0 Å². The zero-order valence-electron chi connectivity index (χ0n) is 16.7. The molecule has 1 aromatic carbocycles. The van der Waals surface area contributed by atoms with Crippen LogP contribution in [0.25, 0.3) is 0 Å². The number of alkyl halides is 13. The van der Waals surface area contributed by atoms with E-state index in [1.165, 1.54) is 27.7 Å². The van der Waals surface area contributed by atoms with E-state index in [9.17, 15) is 62.2 Å². The summed E-state index contributed by atoms with van der Waals surface area (Å²) in [5.41, 5.74) is -3.09. The monoisotopic (exact) mass is 496 g/mol. The maximum atomic E-state index is 14.5. The summed E-state index contributed by atoms with van der Waals surface area (Å²) < 4.78 is 174. The van der Waals surface area contributed by atoms with Crippen LogP contribution in [0.4, 0.5) is 57.1 Å². The molecule has 0 radical (unpaired) electrons. The number of rotatable bonds is 7. The SMILES string of the molecule is CC(C)c1cc(C(F)(F)C(F)(F)C(F)(F)C(F)(F)C(F)(F)C(F)(F)F)cc(C(C)C)c1O. The highest BCUT2D eigenvalue weighted by Crippen LogP contribution is 2.62. The molecule has 0 atom stereocenters. The van der Waals surface area contributed by atoms with E-state index in [4.69, 9.17) is 0 Å². The summed E-state index contributed by atoms with van der Waals surface area (Å²) in [5.74, 6) is -39.9. The average Bonchev–Trinajstić information content (AvgIpc) is 2.59. The van der Waals surface area contributed by atoms with Gasteiger partial charge >= 0.3 is 35.8 Å². The topological polar surface area (TPSA) is 20.2 Å². The number of aromatic hydroxyl groups is 1. The summed E-state index contributed by atoms with van der Waals surface area (Å²) in [4.78, 5) is 0. The van der Waals surface area contributed by atoms with Crippen LogP contribution in [-0.2, 0) is 5.92 Å². The van der Waals surface area contributed by atoms with Crippen molar-refractivity contribution in [3.05, 3.63) is 28.8 Å². The third-order valence-corrected chi connectivity index (χ3v) is 4.71. The van der Waals surface area contributed by atoms with Crippen LogP contribution in [0.1, 0.15) is 56.2 Å². The van der Waals surface area contributed by atoms with Gasteiger partial charge in [0.05, 0.1) is 0 Å². The van der Waals surface area contributed by atoms with Crippen molar-refractivity contribution in [3.8, 4) is 5.75 Å².